The molecule has 0 aromatic heterocycles. The lowest BCUT2D eigenvalue weighted by atomic mass is 10.2. The molecule has 0 saturated carbocycles. The van der Waals surface area contributed by atoms with Crippen LogP contribution in [0.4, 0.5) is 11.4 Å². The average Bonchev–Trinajstić information content (AvgIpc) is 2.46. The van der Waals surface area contributed by atoms with E-state index in [-0.39, 0.29) is 11.4 Å². The summed E-state index contributed by atoms with van der Waals surface area (Å²) in [4.78, 5) is 4.35. The van der Waals surface area contributed by atoms with Gasteiger partial charge in [0.25, 0.3) is 10.0 Å². The first-order valence-corrected chi connectivity index (χ1v) is 7.99. The molecule has 3 rings (SSSR count). The monoisotopic (exact) mass is 321 g/mol. The van der Waals surface area contributed by atoms with Crippen molar-refractivity contribution in [1.82, 2.24) is 4.31 Å². The molecule has 0 amide bonds. The minimum absolute atomic E-state index is 0.0873. The maximum Gasteiger partial charge on any atom is 0.267 e. The summed E-state index contributed by atoms with van der Waals surface area (Å²) in [6.07, 6.45) is 1.30. The minimum atomic E-state index is -3.63. The van der Waals surface area contributed by atoms with Crippen LogP contribution in [-0.4, -0.2) is 19.1 Å². The summed E-state index contributed by atoms with van der Waals surface area (Å²) in [6, 6.07) is 11.6. The summed E-state index contributed by atoms with van der Waals surface area (Å²) in [6.45, 7) is 0.0873. The number of aliphatic imine (C=N–C) groups is 1. The minimum Gasteiger partial charge on any atom is -0.399 e. The predicted molar refractivity (Wildman–Crippen MR) is 83.2 cm³/mol. The average molecular weight is 322 g/mol. The summed E-state index contributed by atoms with van der Waals surface area (Å²) in [5, 5.41) is 0.464. The summed E-state index contributed by atoms with van der Waals surface area (Å²) in [5.41, 5.74) is 7.31. The molecular weight excluding hydrogens is 310 g/mol. The number of rotatable bonds is 2. The number of halogens is 1. The maximum atomic E-state index is 12.6. The van der Waals surface area contributed by atoms with Crippen LogP contribution in [0.25, 0.3) is 0 Å². The smallest absolute Gasteiger partial charge is 0.267 e. The standard InChI is InChI=1S/C14H12ClN3O2S/c15-12-6-5-11(16)7-10(12)8-18-9-17-13-3-1-2-4-14(13)21(18,19)20/h1-7,9H,8,16H2. The number of sulfonamides is 1. The molecule has 0 atom stereocenters. The van der Waals surface area contributed by atoms with Gasteiger partial charge in [-0.1, -0.05) is 23.7 Å². The Bertz CT molecular complexity index is 834. The molecular formula is C14H12ClN3O2S. The summed E-state index contributed by atoms with van der Waals surface area (Å²) < 4.78 is 26.3. The van der Waals surface area contributed by atoms with Crippen LogP contribution in [0.5, 0.6) is 0 Å². The normalized spacial score (nSPS) is 15.8. The fraction of sp³-hybridized carbons (Fsp3) is 0.0714. The fourth-order valence-corrected chi connectivity index (χ4v) is 3.65. The number of nitrogens with two attached hydrogens (primary N) is 1. The number of nitrogen functional groups attached to an aromatic ring is 1. The van der Waals surface area contributed by atoms with Gasteiger partial charge in [0, 0.05) is 10.7 Å². The van der Waals surface area contributed by atoms with Gasteiger partial charge in [0.05, 0.1) is 12.2 Å². The first kappa shape index (κ1) is 13.9. The Balaban J connectivity index is 2.00. The van der Waals surface area contributed by atoms with Gasteiger partial charge in [0.15, 0.2) is 0 Å². The highest BCUT2D eigenvalue weighted by atomic mass is 35.5. The van der Waals surface area contributed by atoms with Crippen LogP contribution in [0.1, 0.15) is 5.56 Å². The van der Waals surface area contributed by atoms with Crippen molar-refractivity contribution in [3.8, 4) is 0 Å². The quantitative estimate of drug-likeness (QED) is 0.864. The summed E-state index contributed by atoms with van der Waals surface area (Å²) in [7, 11) is -3.63. The lowest BCUT2D eigenvalue weighted by Crippen LogP contribution is -2.31. The van der Waals surface area contributed by atoms with E-state index in [0.29, 0.717) is 22.0 Å². The molecule has 2 N–H and O–H groups in total. The highest BCUT2D eigenvalue weighted by Gasteiger charge is 2.28. The van der Waals surface area contributed by atoms with Crippen molar-refractivity contribution in [3.05, 3.63) is 53.1 Å². The van der Waals surface area contributed by atoms with Crippen LogP contribution in [0.3, 0.4) is 0 Å². The van der Waals surface area contributed by atoms with Crippen LogP contribution in [0.2, 0.25) is 5.02 Å². The summed E-state index contributed by atoms with van der Waals surface area (Å²) >= 11 is 6.09. The molecule has 2 aromatic carbocycles. The Morgan fingerprint density at radius 3 is 2.76 bits per heavy atom. The van der Waals surface area contributed by atoms with E-state index in [9.17, 15) is 8.42 Å². The van der Waals surface area contributed by atoms with E-state index in [4.69, 9.17) is 17.3 Å². The van der Waals surface area contributed by atoms with Gasteiger partial charge >= 0.3 is 0 Å². The molecule has 0 radical (unpaired) electrons. The van der Waals surface area contributed by atoms with E-state index >= 15 is 0 Å². The molecule has 108 valence electrons. The van der Waals surface area contributed by atoms with Gasteiger partial charge in [-0.2, -0.15) is 0 Å². The van der Waals surface area contributed by atoms with E-state index in [0.717, 1.165) is 4.31 Å². The second-order valence-corrected chi connectivity index (χ2v) is 6.88. The molecule has 2 aromatic rings. The van der Waals surface area contributed by atoms with E-state index < -0.39 is 10.0 Å². The molecule has 7 heteroatoms. The Labute approximate surface area is 127 Å². The first-order valence-electron chi connectivity index (χ1n) is 6.17. The third kappa shape index (κ3) is 2.48. The SMILES string of the molecule is Nc1ccc(Cl)c(CN2C=Nc3ccccc3S2(=O)=O)c1. The lowest BCUT2D eigenvalue weighted by molar-refractivity contribution is 0.522. The number of fused-ring (bicyclic) bond motifs is 1. The van der Waals surface area contributed by atoms with Crippen LogP contribution < -0.4 is 5.73 Å². The molecule has 1 aliphatic rings. The Kier molecular flexibility index (Phi) is 3.35. The number of hydrogen-bond donors (Lipinski definition) is 1. The number of benzene rings is 2. The van der Waals surface area contributed by atoms with Crippen molar-refractivity contribution >= 4 is 39.3 Å². The largest absolute Gasteiger partial charge is 0.399 e. The molecule has 0 spiro atoms. The van der Waals surface area contributed by atoms with E-state index in [1.54, 1.807) is 36.4 Å². The van der Waals surface area contributed by atoms with Gasteiger partial charge in [-0.05, 0) is 35.9 Å². The molecule has 0 unspecified atom stereocenters. The zero-order valence-corrected chi connectivity index (χ0v) is 12.5. The van der Waals surface area contributed by atoms with Crippen molar-refractivity contribution in [1.29, 1.82) is 0 Å². The number of para-hydroxylation sites is 1. The highest BCUT2D eigenvalue weighted by Crippen LogP contribution is 2.31. The molecule has 21 heavy (non-hydrogen) atoms. The van der Waals surface area contributed by atoms with Gasteiger partial charge in [0.2, 0.25) is 0 Å². The van der Waals surface area contributed by atoms with Crippen molar-refractivity contribution in [2.75, 3.05) is 5.73 Å². The summed E-state index contributed by atoms with van der Waals surface area (Å²) in [5.74, 6) is 0. The first-order chi connectivity index (χ1) is 9.98. The third-order valence-electron chi connectivity index (χ3n) is 3.17. The van der Waals surface area contributed by atoms with Crippen molar-refractivity contribution in [3.63, 3.8) is 0 Å². The van der Waals surface area contributed by atoms with E-state index in [1.807, 2.05) is 0 Å². The van der Waals surface area contributed by atoms with Crippen LogP contribution in [0, 0.1) is 0 Å². The Hall–Kier alpha value is -2.05. The van der Waals surface area contributed by atoms with Gasteiger partial charge in [-0.15, -0.1) is 0 Å². The van der Waals surface area contributed by atoms with Crippen molar-refractivity contribution < 1.29 is 8.42 Å². The Morgan fingerprint density at radius 2 is 1.95 bits per heavy atom. The van der Waals surface area contributed by atoms with Gasteiger partial charge in [-0.3, -0.25) is 4.31 Å². The molecule has 1 heterocycles. The lowest BCUT2D eigenvalue weighted by Gasteiger charge is -2.24. The Morgan fingerprint density at radius 1 is 1.19 bits per heavy atom. The third-order valence-corrected chi connectivity index (χ3v) is 5.28. The second-order valence-electron chi connectivity index (χ2n) is 4.61. The number of nitrogens with zero attached hydrogens (tertiary/aromatic N) is 2. The van der Waals surface area contributed by atoms with Gasteiger partial charge in [-0.25, -0.2) is 13.4 Å². The van der Waals surface area contributed by atoms with Crippen molar-refractivity contribution in [2.45, 2.75) is 11.4 Å². The van der Waals surface area contributed by atoms with Crippen LogP contribution in [-0.2, 0) is 16.6 Å². The molecule has 0 fully saturated rings. The zero-order valence-electron chi connectivity index (χ0n) is 10.9. The highest BCUT2D eigenvalue weighted by molar-refractivity contribution is 7.89. The van der Waals surface area contributed by atoms with E-state index in [1.165, 1.54) is 12.4 Å². The molecule has 1 aliphatic heterocycles. The second kappa shape index (κ2) is 5.05. The van der Waals surface area contributed by atoms with Gasteiger partial charge < -0.3 is 5.73 Å². The zero-order chi connectivity index (χ0) is 15.0. The molecule has 0 bridgehead atoms. The maximum absolute atomic E-state index is 12.6. The van der Waals surface area contributed by atoms with E-state index in [2.05, 4.69) is 4.99 Å². The predicted octanol–water partition coefficient (Wildman–Crippen LogP) is 2.79. The van der Waals surface area contributed by atoms with Crippen molar-refractivity contribution in [2.24, 2.45) is 4.99 Å². The fourth-order valence-electron chi connectivity index (χ4n) is 2.11. The number of anilines is 1. The number of hydrogen-bond acceptors (Lipinski definition) is 4. The molecule has 5 nitrogen and oxygen atoms in total. The topological polar surface area (TPSA) is 75.8 Å². The van der Waals surface area contributed by atoms with Gasteiger partial charge in [0.1, 0.15) is 11.2 Å². The van der Waals surface area contributed by atoms with Crippen LogP contribution >= 0.6 is 11.6 Å². The molecule has 0 saturated heterocycles. The van der Waals surface area contributed by atoms with Crippen LogP contribution in [0.15, 0.2) is 52.4 Å². The molecule has 0 aliphatic carbocycles.